The average Bonchev–Trinajstić information content (AvgIpc) is 3.34. The first-order valence-electron chi connectivity index (χ1n) is 11.9. The zero-order valence-electron chi connectivity index (χ0n) is 20.0. The smallest absolute Gasteiger partial charge is 0.322 e. The Morgan fingerprint density at radius 1 is 1.11 bits per heavy atom. The van der Waals surface area contributed by atoms with E-state index in [2.05, 4.69) is 15.7 Å². The molecule has 2 N–H and O–H groups in total. The lowest BCUT2D eigenvalue weighted by Crippen LogP contribution is -2.48. The van der Waals surface area contributed by atoms with Crippen molar-refractivity contribution in [3.8, 4) is 0 Å². The number of hydrogen-bond acceptors (Lipinski definition) is 4. The molecule has 2 fully saturated rings. The molecule has 3 heterocycles. The zero-order valence-corrected chi connectivity index (χ0v) is 20.0. The van der Waals surface area contributed by atoms with Crippen LogP contribution in [0.25, 0.3) is 10.9 Å². The second-order valence-electron chi connectivity index (χ2n) is 9.69. The molecule has 0 spiro atoms. The number of halogens is 1. The first-order valence-corrected chi connectivity index (χ1v) is 11.9. The number of rotatable bonds is 4. The van der Waals surface area contributed by atoms with Crippen LogP contribution in [0.3, 0.4) is 0 Å². The molecule has 35 heavy (non-hydrogen) atoms. The number of urea groups is 1. The lowest BCUT2D eigenvalue weighted by molar-refractivity contribution is -0.125. The molecular weight excluding hydrogens is 449 g/mol. The number of carbonyl (C=O) groups is 3. The predicted molar refractivity (Wildman–Crippen MR) is 128 cm³/mol. The van der Waals surface area contributed by atoms with Gasteiger partial charge in [-0.1, -0.05) is 26.0 Å². The summed E-state index contributed by atoms with van der Waals surface area (Å²) in [5.41, 5.74) is 1.75. The number of imide groups is 1. The molecule has 3 aromatic rings. The molecule has 5 rings (SSSR count). The molecule has 0 saturated carbocycles. The molecule has 0 aliphatic carbocycles. The van der Waals surface area contributed by atoms with Crippen LogP contribution >= 0.6 is 0 Å². The Balaban J connectivity index is 1.30. The van der Waals surface area contributed by atoms with Gasteiger partial charge in [0.25, 0.3) is 11.8 Å². The van der Waals surface area contributed by atoms with E-state index in [-0.39, 0.29) is 29.5 Å². The second kappa shape index (κ2) is 8.48. The Bertz CT molecular complexity index is 1320. The van der Waals surface area contributed by atoms with E-state index in [0.717, 1.165) is 29.4 Å². The first kappa shape index (κ1) is 23.0. The lowest BCUT2D eigenvalue weighted by Gasteiger charge is -2.32. The van der Waals surface area contributed by atoms with Crippen molar-refractivity contribution in [3.63, 3.8) is 0 Å². The SMILES string of the molecule is CC(C)C1(c2ccc(C(=O)N3CCC(c4nn(C)c5cc(F)ccc45)CC3)cc2)NC(=O)NC1=O. The number of nitrogens with one attached hydrogen (secondary N) is 2. The topological polar surface area (TPSA) is 96.3 Å². The van der Waals surface area contributed by atoms with Crippen LogP contribution in [-0.2, 0) is 17.4 Å². The average molecular weight is 478 g/mol. The van der Waals surface area contributed by atoms with Gasteiger partial charge in [0.15, 0.2) is 0 Å². The third-order valence-electron chi connectivity index (χ3n) is 7.36. The summed E-state index contributed by atoms with van der Waals surface area (Å²) in [4.78, 5) is 39.4. The number of benzene rings is 2. The third-order valence-corrected chi connectivity index (χ3v) is 7.36. The van der Waals surface area contributed by atoms with E-state index in [4.69, 9.17) is 0 Å². The van der Waals surface area contributed by atoms with Gasteiger partial charge in [0.2, 0.25) is 0 Å². The maximum absolute atomic E-state index is 13.7. The van der Waals surface area contributed by atoms with Crippen molar-refractivity contribution in [2.75, 3.05) is 13.1 Å². The fourth-order valence-electron chi connectivity index (χ4n) is 5.39. The Hall–Kier alpha value is -3.75. The number of fused-ring (bicyclic) bond motifs is 1. The van der Waals surface area contributed by atoms with Gasteiger partial charge in [-0.25, -0.2) is 9.18 Å². The van der Waals surface area contributed by atoms with Crippen LogP contribution in [0.15, 0.2) is 42.5 Å². The summed E-state index contributed by atoms with van der Waals surface area (Å²) in [6, 6.07) is 11.1. The Labute approximate surface area is 202 Å². The van der Waals surface area contributed by atoms with Crippen molar-refractivity contribution in [3.05, 3.63) is 65.1 Å². The summed E-state index contributed by atoms with van der Waals surface area (Å²) < 4.78 is 15.4. The van der Waals surface area contributed by atoms with Gasteiger partial charge >= 0.3 is 6.03 Å². The highest BCUT2D eigenvalue weighted by atomic mass is 19.1. The molecule has 2 saturated heterocycles. The molecule has 1 atom stereocenters. The molecule has 4 amide bonds. The third kappa shape index (κ3) is 3.75. The summed E-state index contributed by atoms with van der Waals surface area (Å²) >= 11 is 0. The van der Waals surface area contributed by atoms with Crippen molar-refractivity contribution in [2.45, 2.75) is 38.1 Å². The highest BCUT2D eigenvalue weighted by molar-refractivity contribution is 6.07. The molecule has 9 heteroatoms. The lowest BCUT2D eigenvalue weighted by atomic mass is 9.79. The maximum atomic E-state index is 13.7. The van der Waals surface area contributed by atoms with Crippen LogP contribution < -0.4 is 10.6 Å². The Morgan fingerprint density at radius 3 is 2.40 bits per heavy atom. The highest BCUT2D eigenvalue weighted by Crippen LogP contribution is 2.35. The van der Waals surface area contributed by atoms with Gasteiger partial charge in [-0.15, -0.1) is 0 Å². The summed E-state index contributed by atoms with van der Waals surface area (Å²) in [5, 5.41) is 10.7. The largest absolute Gasteiger partial charge is 0.339 e. The van der Waals surface area contributed by atoms with Gasteiger partial charge in [-0.3, -0.25) is 19.6 Å². The van der Waals surface area contributed by atoms with E-state index in [9.17, 15) is 18.8 Å². The number of carbonyl (C=O) groups excluding carboxylic acids is 3. The second-order valence-corrected chi connectivity index (χ2v) is 9.69. The normalized spacial score (nSPS) is 21.0. The standard InChI is InChI=1S/C26H28FN5O3/c1-15(2)26(24(34)28-25(35)29-26)18-6-4-17(5-7-18)23(33)32-12-10-16(11-13-32)22-20-9-8-19(27)14-21(20)31(3)30-22/h4-9,14-16H,10-13H2,1-3H3,(H2,28,29,34,35). The Morgan fingerprint density at radius 2 is 1.80 bits per heavy atom. The molecule has 0 radical (unpaired) electrons. The van der Waals surface area contributed by atoms with Crippen LogP contribution in [-0.4, -0.2) is 45.6 Å². The molecule has 1 aromatic heterocycles. The number of aromatic nitrogens is 2. The highest BCUT2D eigenvalue weighted by Gasteiger charge is 2.50. The van der Waals surface area contributed by atoms with Crippen LogP contribution in [0.4, 0.5) is 9.18 Å². The van der Waals surface area contributed by atoms with Crippen molar-refractivity contribution in [2.24, 2.45) is 13.0 Å². The van der Waals surface area contributed by atoms with E-state index < -0.39 is 11.6 Å². The van der Waals surface area contributed by atoms with Gasteiger partial charge < -0.3 is 10.2 Å². The van der Waals surface area contributed by atoms with Gasteiger partial charge in [-0.05, 0) is 54.7 Å². The molecular formula is C26H28FN5O3. The first-order chi connectivity index (χ1) is 16.7. The summed E-state index contributed by atoms with van der Waals surface area (Å²) in [6.07, 6.45) is 1.55. The summed E-state index contributed by atoms with van der Waals surface area (Å²) in [5.74, 6) is -0.710. The van der Waals surface area contributed by atoms with Crippen molar-refractivity contribution in [1.82, 2.24) is 25.3 Å². The number of piperidine rings is 1. The van der Waals surface area contributed by atoms with Gasteiger partial charge in [0, 0.05) is 37.0 Å². The van der Waals surface area contributed by atoms with E-state index in [0.29, 0.717) is 24.2 Å². The van der Waals surface area contributed by atoms with E-state index in [1.165, 1.54) is 12.1 Å². The van der Waals surface area contributed by atoms with Crippen LogP contribution in [0.1, 0.15) is 54.2 Å². The predicted octanol–water partition coefficient (Wildman–Crippen LogP) is 3.42. The van der Waals surface area contributed by atoms with E-state index >= 15 is 0 Å². The fraction of sp³-hybridized carbons (Fsp3) is 0.385. The van der Waals surface area contributed by atoms with Crippen LogP contribution in [0, 0.1) is 11.7 Å². The van der Waals surface area contributed by atoms with E-state index in [1.54, 1.807) is 35.0 Å². The minimum atomic E-state index is -1.15. The molecule has 182 valence electrons. The van der Waals surface area contributed by atoms with Crippen LogP contribution in [0.5, 0.6) is 0 Å². The summed E-state index contributed by atoms with van der Waals surface area (Å²) in [6.45, 7) is 4.93. The van der Waals surface area contributed by atoms with Gasteiger partial charge in [0.1, 0.15) is 11.4 Å². The van der Waals surface area contributed by atoms with Gasteiger partial charge in [0.05, 0.1) is 11.2 Å². The van der Waals surface area contributed by atoms with Crippen molar-refractivity contribution >= 4 is 28.7 Å². The minimum absolute atomic E-state index is 0.0681. The molecule has 8 nitrogen and oxygen atoms in total. The number of likely N-dealkylation sites (tertiary alicyclic amines) is 1. The Kier molecular flexibility index (Phi) is 5.57. The fourth-order valence-corrected chi connectivity index (χ4v) is 5.39. The van der Waals surface area contributed by atoms with E-state index in [1.807, 2.05) is 25.8 Å². The van der Waals surface area contributed by atoms with Crippen LogP contribution in [0.2, 0.25) is 0 Å². The number of hydrogen-bond donors (Lipinski definition) is 2. The zero-order chi connectivity index (χ0) is 24.9. The number of amides is 4. The number of aryl methyl sites for hydroxylation is 1. The van der Waals surface area contributed by atoms with Gasteiger partial charge in [-0.2, -0.15) is 5.10 Å². The maximum Gasteiger partial charge on any atom is 0.322 e. The molecule has 1 unspecified atom stereocenters. The molecule has 2 aromatic carbocycles. The molecule has 0 bridgehead atoms. The minimum Gasteiger partial charge on any atom is -0.339 e. The monoisotopic (exact) mass is 477 g/mol. The summed E-state index contributed by atoms with van der Waals surface area (Å²) in [7, 11) is 1.82. The van der Waals surface area contributed by atoms with Crippen molar-refractivity contribution < 1.29 is 18.8 Å². The molecule has 2 aliphatic heterocycles. The number of nitrogens with zero attached hydrogens (tertiary/aromatic N) is 3. The molecule has 2 aliphatic rings. The quantitative estimate of drug-likeness (QED) is 0.563. The van der Waals surface area contributed by atoms with Crippen molar-refractivity contribution in [1.29, 1.82) is 0 Å².